The fourth-order valence-electron chi connectivity index (χ4n) is 1.17. The Labute approximate surface area is 103 Å². The highest BCUT2D eigenvalue weighted by Gasteiger charge is 2.18. The SMILES string of the molecule is CCC(N)C(=O)Nc1ccc(Cl)cc1[N+](=O)[O-]. The molecule has 17 heavy (non-hydrogen) atoms. The minimum atomic E-state index is -0.690. The minimum Gasteiger partial charge on any atom is -0.320 e. The van der Waals surface area contributed by atoms with Crippen LogP contribution in [0.25, 0.3) is 0 Å². The van der Waals surface area contributed by atoms with Crippen LogP contribution < -0.4 is 11.1 Å². The molecular weight excluding hydrogens is 246 g/mol. The molecule has 0 bridgehead atoms. The van der Waals surface area contributed by atoms with Crippen molar-refractivity contribution in [1.82, 2.24) is 0 Å². The molecule has 0 spiro atoms. The van der Waals surface area contributed by atoms with E-state index in [-0.39, 0.29) is 16.4 Å². The van der Waals surface area contributed by atoms with Gasteiger partial charge in [-0.05, 0) is 18.6 Å². The smallest absolute Gasteiger partial charge is 0.294 e. The maximum absolute atomic E-state index is 11.5. The molecule has 1 aromatic rings. The lowest BCUT2D eigenvalue weighted by atomic mass is 10.2. The average molecular weight is 258 g/mol. The van der Waals surface area contributed by atoms with E-state index in [4.69, 9.17) is 17.3 Å². The van der Waals surface area contributed by atoms with Crippen LogP contribution >= 0.6 is 11.6 Å². The standard InChI is InChI=1S/C10H12ClN3O3/c1-2-7(12)10(15)13-8-4-3-6(11)5-9(8)14(16)17/h3-5,7H,2,12H2,1H3,(H,13,15). The Morgan fingerprint density at radius 2 is 2.29 bits per heavy atom. The van der Waals surface area contributed by atoms with Gasteiger partial charge in [0.05, 0.1) is 11.0 Å². The van der Waals surface area contributed by atoms with Crippen LogP contribution in [-0.4, -0.2) is 16.9 Å². The zero-order chi connectivity index (χ0) is 13.0. The Kier molecular flexibility index (Phi) is 4.42. The Morgan fingerprint density at radius 1 is 1.65 bits per heavy atom. The quantitative estimate of drug-likeness (QED) is 0.636. The molecule has 1 unspecified atom stereocenters. The number of nitrogens with zero attached hydrogens (tertiary/aromatic N) is 1. The van der Waals surface area contributed by atoms with Gasteiger partial charge in [0, 0.05) is 11.1 Å². The number of nitro benzene ring substituents is 1. The van der Waals surface area contributed by atoms with Gasteiger partial charge in [0.2, 0.25) is 5.91 Å². The van der Waals surface area contributed by atoms with Gasteiger partial charge in [-0.15, -0.1) is 0 Å². The van der Waals surface area contributed by atoms with Gasteiger partial charge in [-0.3, -0.25) is 14.9 Å². The third-order valence-electron chi connectivity index (χ3n) is 2.19. The van der Waals surface area contributed by atoms with Gasteiger partial charge in [-0.25, -0.2) is 0 Å². The Bertz CT molecular complexity index is 450. The highest BCUT2D eigenvalue weighted by atomic mass is 35.5. The average Bonchev–Trinajstić information content (AvgIpc) is 2.29. The number of nitro groups is 1. The van der Waals surface area contributed by atoms with Crippen molar-refractivity contribution in [2.75, 3.05) is 5.32 Å². The van der Waals surface area contributed by atoms with E-state index in [1.165, 1.54) is 18.2 Å². The predicted octanol–water partition coefficient (Wildman–Crippen LogP) is 1.92. The summed E-state index contributed by atoms with van der Waals surface area (Å²) in [4.78, 5) is 21.7. The molecule has 0 aliphatic heterocycles. The number of hydrogen-bond acceptors (Lipinski definition) is 4. The van der Waals surface area contributed by atoms with Crippen LogP contribution in [0.2, 0.25) is 5.02 Å². The number of rotatable bonds is 4. The molecule has 7 heteroatoms. The summed E-state index contributed by atoms with van der Waals surface area (Å²) in [6, 6.07) is 3.32. The monoisotopic (exact) mass is 257 g/mol. The molecule has 1 aromatic carbocycles. The second kappa shape index (κ2) is 5.60. The van der Waals surface area contributed by atoms with Gasteiger partial charge in [0.15, 0.2) is 0 Å². The van der Waals surface area contributed by atoms with Gasteiger partial charge in [0.25, 0.3) is 5.69 Å². The first-order valence-corrected chi connectivity index (χ1v) is 5.34. The van der Waals surface area contributed by atoms with E-state index < -0.39 is 16.9 Å². The molecule has 0 fully saturated rings. The second-order valence-electron chi connectivity index (χ2n) is 3.42. The van der Waals surface area contributed by atoms with E-state index in [0.717, 1.165) is 0 Å². The molecule has 0 aromatic heterocycles. The van der Waals surface area contributed by atoms with Gasteiger partial charge in [-0.1, -0.05) is 18.5 Å². The van der Waals surface area contributed by atoms with Gasteiger partial charge < -0.3 is 11.1 Å². The summed E-state index contributed by atoms with van der Waals surface area (Å²) in [7, 11) is 0. The van der Waals surface area contributed by atoms with Gasteiger partial charge in [-0.2, -0.15) is 0 Å². The lowest BCUT2D eigenvalue weighted by molar-refractivity contribution is -0.383. The van der Waals surface area contributed by atoms with Crippen molar-refractivity contribution in [3.05, 3.63) is 33.3 Å². The van der Waals surface area contributed by atoms with Crippen molar-refractivity contribution in [3.8, 4) is 0 Å². The molecule has 0 saturated heterocycles. The molecule has 0 aliphatic carbocycles. The zero-order valence-electron chi connectivity index (χ0n) is 9.14. The topological polar surface area (TPSA) is 98.3 Å². The summed E-state index contributed by atoms with van der Waals surface area (Å²) in [6.07, 6.45) is 0.452. The maximum atomic E-state index is 11.5. The fourth-order valence-corrected chi connectivity index (χ4v) is 1.34. The highest BCUT2D eigenvalue weighted by molar-refractivity contribution is 6.31. The third kappa shape index (κ3) is 3.40. The number of amides is 1. The molecule has 0 saturated carbocycles. The molecule has 0 heterocycles. The summed E-state index contributed by atoms with van der Waals surface area (Å²) < 4.78 is 0. The van der Waals surface area contributed by atoms with Gasteiger partial charge in [0.1, 0.15) is 5.69 Å². The normalized spacial score (nSPS) is 11.9. The van der Waals surface area contributed by atoms with E-state index in [0.29, 0.717) is 6.42 Å². The summed E-state index contributed by atoms with van der Waals surface area (Å²) in [5.41, 5.74) is 5.35. The maximum Gasteiger partial charge on any atom is 0.294 e. The van der Waals surface area contributed by atoms with E-state index in [2.05, 4.69) is 5.32 Å². The third-order valence-corrected chi connectivity index (χ3v) is 2.43. The molecule has 1 atom stereocenters. The first-order chi connectivity index (χ1) is 7.95. The second-order valence-corrected chi connectivity index (χ2v) is 3.86. The highest BCUT2D eigenvalue weighted by Crippen LogP contribution is 2.27. The van der Waals surface area contributed by atoms with Crippen LogP contribution in [0.3, 0.4) is 0 Å². The lowest BCUT2D eigenvalue weighted by Crippen LogP contribution is -2.34. The van der Waals surface area contributed by atoms with Crippen LogP contribution in [0.4, 0.5) is 11.4 Å². The molecule has 92 valence electrons. The van der Waals surface area contributed by atoms with E-state index >= 15 is 0 Å². The number of carbonyl (C=O) groups excluding carboxylic acids is 1. The number of nitrogens with one attached hydrogen (secondary N) is 1. The summed E-state index contributed by atoms with van der Waals surface area (Å²) in [5, 5.41) is 13.4. The van der Waals surface area contributed by atoms with E-state index in [1.807, 2.05) is 0 Å². The summed E-state index contributed by atoms with van der Waals surface area (Å²) >= 11 is 5.65. The van der Waals surface area contributed by atoms with Crippen LogP contribution in [0, 0.1) is 10.1 Å². The van der Waals surface area contributed by atoms with Crippen LogP contribution in [0.5, 0.6) is 0 Å². The molecule has 6 nitrogen and oxygen atoms in total. The predicted molar refractivity (Wildman–Crippen MR) is 65.0 cm³/mol. The van der Waals surface area contributed by atoms with Crippen LogP contribution in [0.15, 0.2) is 18.2 Å². The van der Waals surface area contributed by atoms with Crippen molar-refractivity contribution < 1.29 is 9.72 Å². The number of carbonyl (C=O) groups is 1. The summed E-state index contributed by atoms with van der Waals surface area (Å²) in [5.74, 6) is -0.460. The molecule has 1 rings (SSSR count). The summed E-state index contributed by atoms with van der Waals surface area (Å²) in [6.45, 7) is 1.75. The first-order valence-electron chi connectivity index (χ1n) is 4.96. The molecular formula is C10H12ClN3O3. The van der Waals surface area contributed by atoms with Crippen LogP contribution in [-0.2, 0) is 4.79 Å². The molecule has 1 amide bonds. The lowest BCUT2D eigenvalue weighted by Gasteiger charge is -2.10. The minimum absolute atomic E-state index is 0.0910. The van der Waals surface area contributed by atoms with Gasteiger partial charge >= 0.3 is 0 Å². The number of hydrogen-bond donors (Lipinski definition) is 2. The largest absolute Gasteiger partial charge is 0.320 e. The van der Waals surface area contributed by atoms with Crippen molar-refractivity contribution in [3.63, 3.8) is 0 Å². The fraction of sp³-hybridized carbons (Fsp3) is 0.300. The number of benzene rings is 1. The molecule has 0 aliphatic rings. The van der Waals surface area contributed by atoms with Crippen molar-refractivity contribution >= 4 is 28.9 Å². The molecule has 3 N–H and O–H groups in total. The van der Waals surface area contributed by atoms with Crippen LogP contribution in [0.1, 0.15) is 13.3 Å². The number of halogens is 1. The van der Waals surface area contributed by atoms with Crippen molar-refractivity contribution in [2.24, 2.45) is 5.73 Å². The van der Waals surface area contributed by atoms with E-state index in [1.54, 1.807) is 6.92 Å². The van der Waals surface area contributed by atoms with E-state index in [9.17, 15) is 14.9 Å². The Balaban J connectivity index is 2.98. The number of nitrogens with two attached hydrogens (primary N) is 1. The number of anilines is 1. The first kappa shape index (κ1) is 13.4. The Morgan fingerprint density at radius 3 is 2.82 bits per heavy atom. The Hall–Kier alpha value is -1.66. The van der Waals surface area contributed by atoms with Crippen molar-refractivity contribution in [2.45, 2.75) is 19.4 Å². The zero-order valence-corrected chi connectivity index (χ0v) is 9.90. The molecule has 0 radical (unpaired) electrons. The van der Waals surface area contributed by atoms with Crippen molar-refractivity contribution in [1.29, 1.82) is 0 Å².